The minimum atomic E-state index is -0.171. The zero-order valence-corrected chi connectivity index (χ0v) is 11.8. The van der Waals surface area contributed by atoms with Crippen LogP contribution in [-0.4, -0.2) is 60.9 Å². The lowest BCUT2D eigenvalue weighted by Crippen LogP contribution is -2.45. The largest absolute Gasteiger partial charge is 0.466 e. The summed E-state index contributed by atoms with van der Waals surface area (Å²) in [5.74, 6) is -0.472. The molecule has 1 aliphatic rings. The molecular formula is C13H22N2O4. The molecule has 0 aromatic rings. The quantitative estimate of drug-likeness (QED) is 0.688. The predicted molar refractivity (Wildman–Crippen MR) is 69.2 cm³/mol. The van der Waals surface area contributed by atoms with Gasteiger partial charge in [-0.2, -0.15) is 0 Å². The molecule has 0 spiro atoms. The molecule has 0 aromatic carbocycles. The van der Waals surface area contributed by atoms with Crippen molar-refractivity contribution in [2.24, 2.45) is 5.92 Å². The van der Waals surface area contributed by atoms with Crippen molar-refractivity contribution in [2.75, 3.05) is 33.3 Å². The van der Waals surface area contributed by atoms with Crippen LogP contribution in [0.25, 0.3) is 0 Å². The average Bonchev–Trinajstić information content (AvgIpc) is 2.39. The third-order valence-electron chi connectivity index (χ3n) is 3.38. The Kier molecular flexibility index (Phi) is 5.79. The van der Waals surface area contributed by atoms with Crippen molar-refractivity contribution in [3.05, 3.63) is 0 Å². The molecule has 0 unspecified atom stereocenters. The first kappa shape index (κ1) is 15.5. The van der Waals surface area contributed by atoms with E-state index in [1.54, 1.807) is 18.9 Å². The predicted octanol–water partition coefficient (Wildman–Crippen LogP) is 0.266. The van der Waals surface area contributed by atoms with Crippen molar-refractivity contribution in [1.29, 1.82) is 0 Å². The van der Waals surface area contributed by atoms with E-state index in [0.717, 1.165) is 0 Å². The van der Waals surface area contributed by atoms with Gasteiger partial charge in [-0.1, -0.05) is 0 Å². The van der Waals surface area contributed by atoms with E-state index in [1.807, 2.05) is 0 Å². The van der Waals surface area contributed by atoms with E-state index in [9.17, 15) is 14.4 Å². The first-order valence-electron chi connectivity index (χ1n) is 6.61. The van der Waals surface area contributed by atoms with Crippen molar-refractivity contribution in [3.63, 3.8) is 0 Å². The highest BCUT2D eigenvalue weighted by Gasteiger charge is 2.28. The maximum Gasteiger partial charge on any atom is 0.309 e. The zero-order valence-electron chi connectivity index (χ0n) is 11.8. The molecule has 0 aromatic heterocycles. The standard InChI is InChI=1S/C13H22N2O4/c1-4-19-13(18)11-5-7-15(8-6-11)12(17)9-14(3)10(2)16/h11H,4-9H2,1-3H3. The topological polar surface area (TPSA) is 66.9 Å². The van der Waals surface area contributed by atoms with Crippen molar-refractivity contribution < 1.29 is 19.1 Å². The van der Waals surface area contributed by atoms with E-state index in [4.69, 9.17) is 4.74 Å². The van der Waals surface area contributed by atoms with Crippen LogP contribution in [0.1, 0.15) is 26.7 Å². The smallest absolute Gasteiger partial charge is 0.309 e. The number of ether oxygens (including phenoxy) is 1. The molecule has 1 saturated heterocycles. The summed E-state index contributed by atoms with van der Waals surface area (Å²) in [5, 5.41) is 0. The second-order valence-electron chi connectivity index (χ2n) is 4.78. The molecule has 0 radical (unpaired) electrons. The van der Waals surface area contributed by atoms with Crippen LogP contribution in [0.5, 0.6) is 0 Å². The highest BCUT2D eigenvalue weighted by Crippen LogP contribution is 2.18. The van der Waals surface area contributed by atoms with Gasteiger partial charge in [0.2, 0.25) is 11.8 Å². The van der Waals surface area contributed by atoms with E-state index in [0.29, 0.717) is 32.5 Å². The third kappa shape index (κ3) is 4.54. The fraction of sp³-hybridized carbons (Fsp3) is 0.769. The summed E-state index contributed by atoms with van der Waals surface area (Å²) in [6.45, 7) is 4.80. The Morgan fingerprint density at radius 1 is 1.26 bits per heavy atom. The van der Waals surface area contributed by atoms with Crippen LogP contribution < -0.4 is 0 Å². The highest BCUT2D eigenvalue weighted by atomic mass is 16.5. The summed E-state index contributed by atoms with van der Waals surface area (Å²) in [6, 6.07) is 0. The Hall–Kier alpha value is -1.59. The van der Waals surface area contributed by atoms with Crippen LogP contribution >= 0.6 is 0 Å². The SMILES string of the molecule is CCOC(=O)C1CCN(C(=O)CN(C)C(C)=O)CC1. The Bertz CT molecular complexity index is 349. The molecule has 1 fully saturated rings. The van der Waals surface area contributed by atoms with Crippen LogP contribution in [0.15, 0.2) is 0 Å². The number of piperidine rings is 1. The molecule has 0 atom stereocenters. The summed E-state index contributed by atoms with van der Waals surface area (Å²) < 4.78 is 4.98. The van der Waals surface area contributed by atoms with Crippen molar-refractivity contribution in [2.45, 2.75) is 26.7 Å². The van der Waals surface area contributed by atoms with Gasteiger partial charge in [-0.15, -0.1) is 0 Å². The number of carbonyl (C=O) groups is 3. The Labute approximate surface area is 113 Å². The molecule has 108 valence electrons. The molecule has 19 heavy (non-hydrogen) atoms. The van der Waals surface area contributed by atoms with Gasteiger partial charge >= 0.3 is 5.97 Å². The molecular weight excluding hydrogens is 248 g/mol. The van der Waals surface area contributed by atoms with Gasteiger partial charge in [0.05, 0.1) is 19.1 Å². The maximum atomic E-state index is 11.9. The minimum Gasteiger partial charge on any atom is -0.466 e. The molecule has 1 rings (SSSR count). The fourth-order valence-corrected chi connectivity index (χ4v) is 2.04. The average molecular weight is 270 g/mol. The minimum absolute atomic E-state index is 0.0694. The summed E-state index contributed by atoms with van der Waals surface area (Å²) in [5.41, 5.74) is 0. The molecule has 1 aliphatic heterocycles. The molecule has 1 heterocycles. The van der Waals surface area contributed by atoms with Gasteiger partial charge in [0.15, 0.2) is 0 Å². The summed E-state index contributed by atoms with van der Waals surface area (Å²) in [6.07, 6.45) is 1.27. The molecule has 2 amide bonds. The molecule has 0 saturated carbocycles. The van der Waals surface area contributed by atoms with Crippen LogP contribution in [0, 0.1) is 5.92 Å². The molecule has 0 aliphatic carbocycles. The van der Waals surface area contributed by atoms with Gasteiger partial charge in [-0.3, -0.25) is 14.4 Å². The number of likely N-dealkylation sites (N-methyl/N-ethyl adjacent to an activating group) is 1. The maximum absolute atomic E-state index is 11.9. The molecule has 0 bridgehead atoms. The lowest BCUT2D eigenvalue weighted by atomic mass is 9.97. The Morgan fingerprint density at radius 2 is 1.84 bits per heavy atom. The van der Waals surface area contributed by atoms with Crippen LogP contribution in [0.4, 0.5) is 0 Å². The molecule has 0 N–H and O–H groups in total. The number of carbonyl (C=O) groups excluding carboxylic acids is 3. The monoisotopic (exact) mass is 270 g/mol. The van der Waals surface area contributed by atoms with Crippen molar-refractivity contribution in [3.8, 4) is 0 Å². The number of likely N-dealkylation sites (tertiary alicyclic amines) is 1. The summed E-state index contributed by atoms with van der Waals surface area (Å²) >= 11 is 0. The van der Waals surface area contributed by atoms with Crippen LogP contribution in [0.2, 0.25) is 0 Å². The zero-order chi connectivity index (χ0) is 14.4. The number of nitrogens with zero attached hydrogens (tertiary/aromatic N) is 2. The summed E-state index contributed by atoms with van der Waals surface area (Å²) in [4.78, 5) is 37.7. The second kappa shape index (κ2) is 7.11. The van der Waals surface area contributed by atoms with Crippen molar-refractivity contribution in [1.82, 2.24) is 9.80 Å². The second-order valence-corrected chi connectivity index (χ2v) is 4.78. The van der Waals surface area contributed by atoms with E-state index in [-0.39, 0.29) is 30.2 Å². The van der Waals surface area contributed by atoms with Crippen LogP contribution in [-0.2, 0) is 19.1 Å². The van der Waals surface area contributed by atoms with Gasteiger partial charge in [-0.05, 0) is 19.8 Å². The number of esters is 1. The van der Waals surface area contributed by atoms with E-state index in [1.165, 1.54) is 11.8 Å². The number of rotatable bonds is 4. The van der Waals surface area contributed by atoms with Crippen molar-refractivity contribution >= 4 is 17.8 Å². The lowest BCUT2D eigenvalue weighted by Gasteiger charge is -2.31. The van der Waals surface area contributed by atoms with Gasteiger partial charge in [-0.25, -0.2) is 0 Å². The van der Waals surface area contributed by atoms with Gasteiger partial charge in [0, 0.05) is 27.1 Å². The Balaban J connectivity index is 2.39. The highest BCUT2D eigenvalue weighted by molar-refractivity contribution is 5.84. The van der Waals surface area contributed by atoms with E-state index < -0.39 is 0 Å². The number of amides is 2. The van der Waals surface area contributed by atoms with E-state index >= 15 is 0 Å². The van der Waals surface area contributed by atoms with E-state index in [2.05, 4.69) is 0 Å². The number of hydrogen-bond acceptors (Lipinski definition) is 4. The third-order valence-corrected chi connectivity index (χ3v) is 3.38. The van der Waals surface area contributed by atoms with Gasteiger partial charge < -0.3 is 14.5 Å². The Morgan fingerprint density at radius 3 is 2.32 bits per heavy atom. The van der Waals surface area contributed by atoms with Gasteiger partial charge in [0.25, 0.3) is 0 Å². The number of hydrogen-bond donors (Lipinski definition) is 0. The first-order valence-corrected chi connectivity index (χ1v) is 6.61. The van der Waals surface area contributed by atoms with Crippen LogP contribution in [0.3, 0.4) is 0 Å². The fourth-order valence-electron chi connectivity index (χ4n) is 2.04. The first-order chi connectivity index (χ1) is 8.95. The van der Waals surface area contributed by atoms with Gasteiger partial charge in [0.1, 0.15) is 0 Å². The molecule has 6 heteroatoms. The lowest BCUT2D eigenvalue weighted by molar-refractivity contribution is -0.151. The summed E-state index contributed by atoms with van der Waals surface area (Å²) in [7, 11) is 1.60. The molecule has 6 nitrogen and oxygen atoms in total. The normalized spacial score (nSPS) is 16.1.